The molecule has 0 saturated heterocycles. The molecule has 4 aromatic rings. The molecule has 0 saturated carbocycles. The van der Waals surface area contributed by atoms with Crippen LogP contribution in [0.1, 0.15) is 11.1 Å². The van der Waals surface area contributed by atoms with Crippen LogP contribution in [-0.2, 0) is 19.9 Å². The summed E-state index contributed by atoms with van der Waals surface area (Å²) < 4.78 is 2.54. The van der Waals surface area contributed by atoms with Gasteiger partial charge in [0.15, 0.2) is 5.65 Å². The lowest BCUT2D eigenvalue weighted by atomic mass is 10.1. The van der Waals surface area contributed by atoms with Gasteiger partial charge in [0.05, 0.1) is 21.1 Å². The third-order valence-corrected chi connectivity index (χ3v) is 6.92. The molecule has 2 aromatic heterocycles. The number of aryl methyl sites for hydroxylation is 1. The Morgan fingerprint density at radius 1 is 1.12 bits per heavy atom. The molecule has 0 radical (unpaired) electrons. The van der Waals surface area contributed by atoms with E-state index in [1.165, 1.54) is 26.5 Å². The van der Waals surface area contributed by atoms with E-state index in [1.54, 1.807) is 25.2 Å². The second kappa shape index (κ2) is 8.54. The fraction of sp³-hybridized carbons (Fsp3) is 0.250. The molecule has 174 valence electrons. The smallest absolute Gasteiger partial charge is 0.324 e. The number of para-hydroxylation sites is 1. The predicted molar refractivity (Wildman–Crippen MR) is 135 cm³/mol. The topological polar surface area (TPSA) is 91.8 Å². The third-order valence-electron chi connectivity index (χ3n) is 6.31. The zero-order valence-corrected chi connectivity index (χ0v) is 20.4. The van der Waals surface area contributed by atoms with E-state index in [2.05, 4.69) is 46.4 Å². The summed E-state index contributed by atoms with van der Waals surface area (Å²) in [6.07, 6.45) is 3.57. The van der Waals surface area contributed by atoms with Gasteiger partial charge in [-0.3, -0.25) is 9.98 Å². The third kappa shape index (κ3) is 3.77. The average molecular weight is 496 g/mol. The van der Waals surface area contributed by atoms with E-state index in [-0.39, 0.29) is 21.2 Å². The fourth-order valence-corrected chi connectivity index (χ4v) is 4.96. The number of aromatic nitrogens is 4. The lowest BCUT2D eigenvalue weighted by molar-refractivity contribution is 0.303. The number of nitrogens with one attached hydrogen (secondary N) is 2. The number of benzene rings is 2. The first-order valence-corrected chi connectivity index (χ1v) is 11.5. The minimum Gasteiger partial charge on any atom is -0.324 e. The zero-order valence-electron chi connectivity index (χ0n) is 18.9. The summed E-state index contributed by atoms with van der Waals surface area (Å²) in [6.45, 7) is 0. The molecule has 1 atom stereocenters. The maximum Gasteiger partial charge on any atom is 0.335 e. The molecule has 10 heteroatoms. The Morgan fingerprint density at radius 2 is 1.82 bits per heavy atom. The first-order valence-electron chi connectivity index (χ1n) is 10.8. The van der Waals surface area contributed by atoms with Crippen molar-refractivity contribution in [3.05, 3.63) is 79.7 Å². The minimum atomic E-state index is -0.482. The van der Waals surface area contributed by atoms with Gasteiger partial charge in [-0.05, 0) is 62.3 Å². The van der Waals surface area contributed by atoms with Gasteiger partial charge in [-0.15, -0.1) is 0 Å². The average Bonchev–Trinajstić information content (AvgIpc) is 3.23. The van der Waals surface area contributed by atoms with E-state index in [9.17, 15) is 4.79 Å². The molecule has 0 spiro atoms. The molecule has 34 heavy (non-hydrogen) atoms. The number of likely N-dealkylation sites (N-methyl/N-ethyl adjacent to an activating group) is 1. The van der Waals surface area contributed by atoms with Gasteiger partial charge in [0.2, 0.25) is 5.95 Å². The van der Waals surface area contributed by atoms with Crippen LogP contribution in [0.4, 0.5) is 11.6 Å². The van der Waals surface area contributed by atoms with Crippen LogP contribution in [-0.4, -0.2) is 44.1 Å². The van der Waals surface area contributed by atoms with Crippen molar-refractivity contribution < 1.29 is 0 Å². The van der Waals surface area contributed by atoms with Crippen molar-refractivity contribution in [2.24, 2.45) is 7.05 Å². The number of anilines is 2. The molecule has 0 fully saturated rings. The molecule has 2 heterocycles. The summed E-state index contributed by atoms with van der Waals surface area (Å²) >= 11 is 12.6. The first-order chi connectivity index (χ1) is 16.2. The highest BCUT2D eigenvalue weighted by molar-refractivity contribution is 6.37. The Bertz CT molecular complexity index is 1540. The Balaban J connectivity index is 1.55. The molecule has 0 aliphatic heterocycles. The maximum absolute atomic E-state index is 13.2. The van der Waals surface area contributed by atoms with Crippen molar-refractivity contribution in [3.8, 4) is 5.69 Å². The van der Waals surface area contributed by atoms with Crippen LogP contribution >= 0.6 is 23.2 Å². The van der Waals surface area contributed by atoms with Crippen molar-refractivity contribution in [1.29, 1.82) is 5.41 Å². The monoisotopic (exact) mass is 495 g/mol. The summed E-state index contributed by atoms with van der Waals surface area (Å²) in [5.74, 6) is 0.345. The van der Waals surface area contributed by atoms with Gasteiger partial charge in [0, 0.05) is 25.0 Å². The van der Waals surface area contributed by atoms with Crippen LogP contribution in [0.2, 0.25) is 10.0 Å². The van der Waals surface area contributed by atoms with Crippen molar-refractivity contribution in [2.45, 2.75) is 18.9 Å². The Hall–Kier alpha value is -3.20. The SMILES string of the molecule is CN(C)C1Cc2ccc(Nc3ncc4c(=N)n(-c5c(Cl)cccc5Cl)c(=O)n(C)c4n3)cc2C1. The van der Waals surface area contributed by atoms with Gasteiger partial charge in [-0.25, -0.2) is 14.3 Å². The summed E-state index contributed by atoms with van der Waals surface area (Å²) in [5.41, 5.74) is 3.56. The second-order valence-electron chi connectivity index (χ2n) is 8.66. The van der Waals surface area contributed by atoms with E-state index in [1.807, 2.05) is 6.07 Å². The van der Waals surface area contributed by atoms with Crippen molar-refractivity contribution in [3.63, 3.8) is 0 Å². The molecular formula is C24H23Cl2N7O. The maximum atomic E-state index is 13.2. The van der Waals surface area contributed by atoms with Crippen LogP contribution in [0.25, 0.3) is 16.7 Å². The molecule has 5 rings (SSSR count). The number of halogens is 2. The van der Waals surface area contributed by atoms with Crippen LogP contribution in [0.5, 0.6) is 0 Å². The molecule has 1 aliphatic carbocycles. The van der Waals surface area contributed by atoms with Crippen LogP contribution < -0.4 is 16.5 Å². The molecular weight excluding hydrogens is 473 g/mol. The highest BCUT2D eigenvalue weighted by atomic mass is 35.5. The largest absolute Gasteiger partial charge is 0.335 e. The lowest BCUT2D eigenvalue weighted by Crippen LogP contribution is -2.38. The molecule has 0 amide bonds. The van der Waals surface area contributed by atoms with E-state index in [0.717, 1.165) is 18.5 Å². The number of rotatable bonds is 4. The van der Waals surface area contributed by atoms with Gasteiger partial charge >= 0.3 is 5.69 Å². The number of hydrogen-bond acceptors (Lipinski definition) is 6. The van der Waals surface area contributed by atoms with Crippen molar-refractivity contribution in [2.75, 3.05) is 19.4 Å². The summed E-state index contributed by atoms with van der Waals surface area (Å²) in [4.78, 5) is 24.4. The quantitative estimate of drug-likeness (QED) is 0.450. The number of nitrogens with zero attached hydrogens (tertiary/aromatic N) is 5. The van der Waals surface area contributed by atoms with Gasteiger partial charge in [0.25, 0.3) is 0 Å². The zero-order chi connectivity index (χ0) is 24.1. The summed E-state index contributed by atoms with van der Waals surface area (Å²) in [6, 6.07) is 11.7. The molecule has 0 bridgehead atoms. The van der Waals surface area contributed by atoms with Crippen LogP contribution in [0.15, 0.2) is 47.4 Å². The first kappa shape index (κ1) is 22.6. The van der Waals surface area contributed by atoms with Gasteiger partial charge in [0.1, 0.15) is 5.49 Å². The minimum absolute atomic E-state index is 0.0908. The van der Waals surface area contributed by atoms with E-state index >= 15 is 0 Å². The van der Waals surface area contributed by atoms with E-state index < -0.39 is 5.69 Å². The number of hydrogen-bond donors (Lipinski definition) is 2. The highest BCUT2D eigenvalue weighted by Crippen LogP contribution is 2.29. The Kier molecular flexibility index (Phi) is 5.67. The van der Waals surface area contributed by atoms with Gasteiger partial charge in [-0.2, -0.15) is 4.98 Å². The molecule has 2 aromatic carbocycles. The molecule has 8 nitrogen and oxygen atoms in total. The Morgan fingerprint density at radius 3 is 2.53 bits per heavy atom. The summed E-state index contributed by atoms with van der Waals surface area (Å²) in [5, 5.41) is 12.8. The van der Waals surface area contributed by atoms with Crippen LogP contribution in [0, 0.1) is 5.41 Å². The standard InChI is InChI=1S/C24H23Cl2N7O/c1-31(2)16-10-13-7-8-15(9-14(13)11-16)29-23-28-12-17-21(27)33(24(34)32(3)22(17)30-23)20-18(25)5-4-6-19(20)26/h4-9,12,16,27H,10-11H2,1-3H3,(H,28,29,30). The number of fused-ring (bicyclic) bond motifs is 2. The normalized spacial score (nSPS) is 15.2. The predicted octanol–water partition coefficient (Wildman–Crippen LogP) is 3.68. The molecule has 1 aliphatic rings. The highest BCUT2D eigenvalue weighted by Gasteiger charge is 2.23. The summed E-state index contributed by atoms with van der Waals surface area (Å²) in [7, 11) is 5.80. The van der Waals surface area contributed by atoms with Crippen molar-refractivity contribution in [1.82, 2.24) is 24.0 Å². The second-order valence-corrected chi connectivity index (χ2v) is 9.48. The van der Waals surface area contributed by atoms with Gasteiger partial charge in [-0.1, -0.05) is 35.3 Å². The lowest BCUT2D eigenvalue weighted by Gasteiger charge is -2.17. The van der Waals surface area contributed by atoms with E-state index in [0.29, 0.717) is 23.0 Å². The molecule has 2 N–H and O–H groups in total. The van der Waals surface area contributed by atoms with E-state index in [4.69, 9.17) is 28.6 Å². The van der Waals surface area contributed by atoms with Crippen LogP contribution in [0.3, 0.4) is 0 Å². The van der Waals surface area contributed by atoms with Gasteiger partial charge < -0.3 is 10.2 Å². The fourth-order valence-electron chi connectivity index (χ4n) is 4.39. The Labute approximate surface area is 205 Å². The molecule has 1 unspecified atom stereocenters. The van der Waals surface area contributed by atoms with Crippen molar-refractivity contribution >= 4 is 45.9 Å².